The standard InChI is InChI=1S/C21H23ClN2O2/c1-26-20-13-16(22)7-8-19(20)23-9-11-24(12-10-23)21(25)18-14-17(18)15-5-3-2-4-6-15/h2-8,13,17-18H,9-12,14H2,1H3/t17-,18+/m1/s1. The molecule has 2 fully saturated rings. The van der Waals surface area contributed by atoms with Gasteiger partial charge in [0.15, 0.2) is 0 Å². The van der Waals surface area contributed by atoms with Crippen molar-refractivity contribution in [1.29, 1.82) is 0 Å². The van der Waals surface area contributed by atoms with Crippen LogP contribution in [0.15, 0.2) is 48.5 Å². The Balaban J connectivity index is 1.36. The van der Waals surface area contributed by atoms with E-state index in [2.05, 4.69) is 17.0 Å². The van der Waals surface area contributed by atoms with Crippen molar-refractivity contribution in [1.82, 2.24) is 4.90 Å². The minimum atomic E-state index is 0.161. The molecule has 2 aromatic rings. The largest absolute Gasteiger partial charge is 0.495 e. The van der Waals surface area contributed by atoms with Crippen molar-refractivity contribution in [2.24, 2.45) is 5.92 Å². The molecule has 1 saturated carbocycles. The van der Waals surface area contributed by atoms with E-state index in [-0.39, 0.29) is 5.92 Å². The van der Waals surface area contributed by atoms with Crippen LogP contribution < -0.4 is 9.64 Å². The molecule has 1 saturated heterocycles. The number of benzene rings is 2. The topological polar surface area (TPSA) is 32.8 Å². The average molecular weight is 371 g/mol. The summed E-state index contributed by atoms with van der Waals surface area (Å²) in [6.07, 6.45) is 0.980. The fourth-order valence-corrected chi connectivity index (χ4v) is 4.01. The summed E-state index contributed by atoms with van der Waals surface area (Å²) in [7, 11) is 1.66. The summed E-state index contributed by atoms with van der Waals surface area (Å²) in [5, 5.41) is 0.667. The Morgan fingerprint density at radius 3 is 2.50 bits per heavy atom. The molecule has 26 heavy (non-hydrogen) atoms. The highest BCUT2D eigenvalue weighted by atomic mass is 35.5. The van der Waals surface area contributed by atoms with Gasteiger partial charge in [0.25, 0.3) is 0 Å². The maximum Gasteiger partial charge on any atom is 0.226 e. The number of ether oxygens (including phenoxy) is 1. The van der Waals surface area contributed by atoms with Gasteiger partial charge in [0, 0.05) is 43.2 Å². The van der Waals surface area contributed by atoms with Crippen LogP contribution in [0.25, 0.3) is 0 Å². The molecule has 2 aromatic carbocycles. The normalized spacial score (nSPS) is 22.2. The Morgan fingerprint density at radius 2 is 1.81 bits per heavy atom. The first-order chi connectivity index (χ1) is 12.7. The minimum absolute atomic E-state index is 0.161. The quantitative estimate of drug-likeness (QED) is 0.820. The number of methoxy groups -OCH3 is 1. The maximum absolute atomic E-state index is 12.8. The highest BCUT2D eigenvalue weighted by molar-refractivity contribution is 6.30. The molecule has 1 heterocycles. The van der Waals surface area contributed by atoms with Gasteiger partial charge in [-0.15, -0.1) is 0 Å². The fraction of sp³-hybridized carbons (Fsp3) is 0.381. The molecular weight excluding hydrogens is 348 g/mol. The van der Waals surface area contributed by atoms with E-state index in [1.165, 1.54) is 5.56 Å². The summed E-state index contributed by atoms with van der Waals surface area (Å²) >= 11 is 6.05. The molecule has 1 amide bonds. The summed E-state index contributed by atoms with van der Waals surface area (Å²) < 4.78 is 5.46. The molecule has 136 valence electrons. The Hall–Kier alpha value is -2.20. The molecule has 0 radical (unpaired) electrons. The van der Waals surface area contributed by atoms with Gasteiger partial charge < -0.3 is 14.5 Å². The Bertz CT molecular complexity index is 788. The SMILES string of the molecule is COc1cc(Cl)ccc1N1CCN(C(=O)[C@H]2C[C@@H]2c2ccccc2)CC1. The van der Waals surface area contributed by atoms with Crippen LogP contribution in [0.2, 0.25) is 5.02 Å². The first-order valence-electron chi connectivity index (χ1n) is 9.09. The molecule has 1 aliphatic heterocycles. The third-order valence-corrected chi connectivity index (χ3v) is 5.64. The highest BCUT2D eigenvalue weighted by Crippen LogP contribution is 2.48. The lowest BCUT2D eigenvalue weighted by Crippen LogP contribution is -2.49. The molecule has 4 rings (SSSR count). The summed E-state index contributed by atoms with van der Waals surface area (Å²) in [5.41, 5.74) is 2.33. The van der Waals surface area contributed by atoms with Gasteiger partial charge in [0.1, 0.15) is 5.75 Å². The van der Waals surface area contributed by atoms with Gasteiger partial charge in [0.05, 0.1) is 12.8 Å². The van der Waals surface area contributed by atoms with Crippen LogP contribution in [0, 0.1) is 5.92 Å². The number of halogens is 1. The van der Waals surface area contributed by atoms with Gasteiger partial charge in [0.2, 0.25) is 5.91 Å². The van der Waals surface area contributed by atoms with Crippen LogP contribution in [-0.4, -0.2) is 44.1 Å². The van der Waals surface area contributed by atoms with Crippen LogP contribution in [0.1, 0.15) is 17.9 Å². The summed E-state index contributed by atoms with van der Waals surface area (Å²) in [4.78, 5) is 17.1. The molecule has 0 bridgehead atoms. The van der Waals surface area contributed by atoms with Crippen LogP contribution >= 0.6 is 11.6 Å². The fourth-order valence-electron chi connectivity index (χ4n) is 3.85. The number of amides is 1. The summed E-state index contributed by atoms with van der Waals surface area (Å²) in [6.45, 7) is 3.13. The summed E-state index contributed by atoms with van der Waals surface area (Å²) in [5.74, 6) is 1.65. The van der Waals surface area contributed by atoms with E-state index >= 15 is 0 Å². The Kier molecular flexibility index (Phi) is 4.77. The van der Waals surface area contributed by atoms with Gasteiger partial charge in [-0.1, -0.05) is 41.9 Å². The van der Waals surface area contributed by atoms with E-state index in [9.17, 15) is 4.79 Å². The minimum Gasteiger partial charge on any atom is -0.495 e. The lowest BCUT2D eigenvalue weighted by atomic mass is 10.1. The molecule has 4 nitrogen and oxygen atoms in total. The zero-order valence-electron chi connectivity index (χ0n) is 14.9. The van der Waals surface area contributed by atoms with Gasteiger partial charge in [-0.3, -0.25) is 4.79 Å². The molecule has 2 atom stereocenters. The zero-order valence-corrected chi connectivity index (χ0v) is 15.7. The van der Waals surface area contributed by atoms with E-state index in [4.69, 9.17) is 16.3 Å². The monoisotopic (exact) mass is 370 g/mol. The molecule has 0 N–H and O–H groups in total. The maximum atomic E-state index is 12.8. The third-order valence-electron chi connectivity index (χ3n) is 5.41. The van der Waals surface area contributed by atoms with Crippen molar-refractivity contribution in [3.8, 4) is 5.75 Å². The molecule has 0 aromatic heterocycles. The summed E-state index contributed by atoms with van der Waals surface area (Å²) in [6, 6.07) is 16.1. The van der Waals surface area contributed by atoms with E-state index < -0.39 is 0 Å². The van der Waals surface area contributed by atoms with Gasteiger partial charge in [-0.25, -0.2) is 0 Å². The van der Waals surface area contributed by atoms with Crippen LogP contribution in [0.4, 0.5) is 5.69 Å². The second-order valence-electron chi connectivity index (χ2n) is 6.99. The number of hydrogen-bond donors (Lipinski definition) is 0. The average Bonchev–Trinajstić information content (AvgIpc) is 3.49. The van der Waals surface area contributed by atoms with Crippen molar-refractivity contribution in [2.45, 2.75) is 12.3 Å². The van der Waals surface area contributed by atoms with E-state index in [0.29, 0.717) is 16.8 Å². The lowest BCUT2D eigenvalue weighted by molar-refractivity contribution is -0.132. The first kappa shape index (κ1) is 17.2. The lowest BCUT2D eigenvalue weighted by Gasteiger charge is -2.36. The second kappa shape index (κ2) is 7.20. The second-order valence-corrected chi connectivity index (χ2v) is 7.42. The van der Waals surface area contributed by atoms with E-state index in [1.807, 2.05) is 41.3 Å². The van der Waals surface area contributed by atoms with Crippen molar-refractivity contribution < 1.29 is 9.53 Å². The van der Waals surface area contributed by atoms with Crippen molar-refractivity contribution >= 4 is 23.2 Å². The molecule has 0 spiro atoms. The van der Waals surface area contributed by atoms with Gasteiger partial charge >= 0.3 is 0 Å². The number of anilines is 1. The molecule has 2 aliphatic rings. The van der Waals surface area contributed by atoms with Gasteiger partial charge in [-0.05, 0) is 30.0 Å². The smallest absolute Gasteiger partial charge is 0.226 e. The number of carbonyl (C=O) groups is 1. The van der Waals surface area contributed by atoms with E-state index in [1.54, 1.807) is 7.11 Å². The van der Waals surface area contributed by atoms with Crippen molar-refractivity contribution in [2.75, 3.05) is 38.2 Å². The Labute approximate surface area is 159 Å². The van der Waals surface area contributed by atoms with Crippen LogP contribution in [0.5, 0.6) is 5.75 Å². The van der Waals surface area contributed by atoms with Crippen LogP contribution in [0.3, 0.4) is 0 Å². The van der Waals surface area contributed by atoms with E-state index in [0.717, 1.165) is 44.0 Å². The number of hydrogen-bond acceptors (Lipinski definition) is 3. The number of nitrogens with zero attached hydrogens (tertiary/aromatic N) is 2. The van der Waals surface area contributed by atoms with Crippen molar-refractivity contribution in [3.05, 3.63) is 59.1 Å². The Morgan fingerprint density at radius 1 is 1.08 bits per heavy atom. The first-order valence-corrected chi connectivity index (χ1v) is 9.47. The van der Waals surface area contributed by atoms with Crippen LogP contribution in [-0.2, 0) is 4.79 Å². The van der Waals surface area contributed by atoms with Gasteiger partial charge in [-0.2, -0.15) is 0 Å². The number of carbonyl (C=O) groups excluding carboxylic acids is 1. The van der Waals surface area contributed by atoms with Crippen molar-refractivity contribution in [3.63, 3.8) is 0 Å². The number of piperazine rings is 1. The predicted molar refractivity (Wildman–Crippen MR) is 104 cm³/mol. The molecule has 5 heteroatoms. The molecule has 1 aliphatic carbocycles. The highest BCUT2D eigenvalue weighted by Gasteiger charge is 2.46. The third kappa shape index (κ3) is 3.38. The molecule has 0 unspecified atom stereocenters. The predicted octanol–water partition coefficient (Wildman–Crippen LogP) is 3.80. The number of rotatable bonds is 4. The zero-order chi connectivity index (χ0) is 18.1. The molecular formula is C21H23ClN2O2.